The predicted molar refractivity (Wildman–Crippen MR) is 198 cm³/mol. The molecule has 4 aromatic carbocycles. The van der Waals surface area contributed by atoms with Gasteiger partial charge in [-0.3, -0.25) is 0 Å². The van der Waals surface area contributed by atoms with Crippen LogP contribution in [-0.4, -0.2) is 19.3 Å². The molecule has 2 heteroatoms. The topological polar surface area (TPSA) is 12.5 Å². The van der Waals surface area contributed by atoms with Crippen molar-refractivity contribution in [1.29, 1.82) is 0 Å². The van der Waals surface area contributed by atoms with Crippen molar-refractivity contribution < 1.29 is 4.74 Å². The minimum atomic E-state index is -0.122. The Morgan fingerprint density at radius 1 is 0.702 bits per heavy atom. The van der Waals surface area contributed by atoms with Crippen LogP contribution in [0.5, 0.6) is 0 Å². The Bertz CT molecular complexity index is 1600. The summed E-state index contributed by atoms with van der Waals surface area (Å²) in [5.74, 6) is 2.13. The van der Waals surface area contributed by atoms with Crippen LogP contribution in [0.3, 0.4) is 0 Å². The molecule has 7 rings (SSSR count). The van der Waals surface area contributed by atoms with Gasteiger partial charge in [0.25, 0.3) is 0 Å². The van der Waals surface area contributed by atoms with Crippen molar-refractivity contribution >= 4 is 5.69 Å². The Kier molecular flexibility index (Phi) is 9.09. The molecular formula is C45H55NO. The standard InChI is InChI=1S/C45H55NO/c1-32-25-28-40-39(30-32)41-42(37-23-15-16-24-38(37)43(41)46(40)5)45(34-19-11-8-12-20-34,35-21-13-9-14-22-35)36-27-26-33(31-36)18-10-6-7-17-29-47-44(2,3)4/h8-9,11-16,19-25,28,30,33,36,41-43H,6-7,10,17-18,26-27,29,31H2,1-5H3. The number of aryl methyl sites for hydroxylation is 1. The second kappa shape index (κ2) is 13.3. The number of ether oxygens (including phenoxy) is 1. The molecule has 1 aliphatic heterocycles. The highest BCUT2D eigenvalue weighted by Gasteiger charge is 2.60. The molecule has 0 saturated heterocycles. The van der Waals surface area contributed by atoms with E-state index in [1.165, 1.54) is 79.3 Å². The largest absolute Gasteiger partial charge is 0.376 e. The van der Waals surface area contributed by atoms with E-state index in [2.05, 4.69) is 143 Å². The Labute approximate surface area is 284 Å². The lowest BCUT2D eigenvalue weighted by atomic mass is 9.54. The average molecular weight is 626 g/mol. The molecular weight excluding hydrogens is 571 g/mol. The van der Waals surface area contributed by atoms with E-state index in [-0.39, 0.29) is 11.0 Å². The van der Waals surface area contributed by atoms with Crippen LogP contribution < -0.4 is 4.90 Å². The quantitative estimate of drug-likeness (QED) is 0.154. The van der Waals surface area contributed by atoms with Crippen molar-refractivity contribution in [3.63, 3.8) is 0 Å². The van der Waals surface area contributed by atoms with Gasteiger partial charge in [-0.2, -0.15) is 0 Å². The smallest absolute Gasteiger partial charge is 0.0617 e. The van der Waals surface area contributed by atoms with Crippen molar-refractivity contribution in [1.82, 2.24) is 0 Å². The van der Waals surface area contributed by atoms with Crippen molar-refractivity contribution in [3.05, 3.63) is 137 Å². The van der Waals surface area contributed by atoms with Crippen LogP contribution in [0.25, 0.3) is 0 Å². The number of unbranched alkanes of at least 4 members (excludes halogenated alkanes) is 3. The normalized spacial score (nSPS) is 23.5. The lowest BCUT2D eigenvalue weighted by molar-refractivity contribution is -0.00476. The van der Waals surface area contributed by atoms with E-state index in [1.54, 1.807) is 11.1 Å². The highest BCUT2D eigenvalue weighted by Crippen LogP contribution is 2.69. The minimum Gasteiger partial charge on any atom is -0.376 e. The molecule has 3 aliphatic rings. The van der Waals surface area contributed by atoms with Gasteiger partial charge in [0.2, 0.25) is 0 Å². The number of fused-ring (bicyclic) bond motifs is 5. The van der Waals surface area contributed by atoms with Gasteiger partial charge in [0.05, 0.1) is 11.6 Å². The third kappa shape index (κ3) is 5.97. The average Bonchev–Trinajstić information content (AvgIpc) is 3.76. The Morgan fingerprint density at radius 3 is 2.02 bits per heavy atom. The van der Waals surface area contributed by atoms with Crippen LogP contribution in [0.15, 0.2) is 103 Å². The van der Waals surface area contributed by atoms with E-state index in [9.17, 15) is 0 Å². The van der Waals surface area contributed by atoms with Gasteiger partial charge in [-0.05, 0) is 92.7 Å². The van der Waals surface area contributed by atoms with Crippen molar-refractivity contribution in [2.24, 2.45) is 11.8 Å². The lowest BCUT2D eigenvalue weighted by Crippen LogP contribution is -2.43. The first-order chi connectivity index (χ1) is 22.8. The van der Waals surface area contributed by atoms with Gasteiger partial charge in [0.1, 0.15) is 0 Å². The van der Waals surface area contributed by atoms with E-state index < -0.39 is 0 Å². The molecule has 5 atom stereocenters. The van der Waals surface area contributed by atoms with Crippen LogP contribution >= 0.6 is 0 Å². The highest BCUT2D eigenvalue weighted by molar-refractivity contribution is 5.69. The Balaban J connectivity index is 1.27. The molecule has 1 fully saturated rings. The van der Waals surface area contributed by atoms with Gasteiger partial charge in [0, 0.05) is 36.6 Å². The number of hydrogen-bond donors (Lipinski definition) is 0. The number of benzene rings is 4. The third-order valence-electron chi connectivity index (χ3n) is 11.9. The summed E-state index contributed by atoms with van der Waals surface area (Å²) >= 11 is 0. The van der Waals surface area contributed by atoms with E-state index in [4.69, 9.17) is 4.74 Å². The molecule has 2 aliphatic carbocycles. The zero-order valence-electron chi connectivity index (χ0n) is 29.4. The first kappa shape index (κ1) is 32.2. The zero-order chi connectivity index (χ0) is 32.6. The summed E-state index contributed by atoms with van der Waals surface area (Å²) in [6, 6.07) is 40.5. The molecule has 47 heavy (non-hydrogen) atoms. The molecule has 246 valence electrons. The summed E-state index contributed by atoms with van der Waals surface area (Å²) in [5, 5.41) is 0. The SMILES string of the molecule is Cc1ccc2c(c1)C1C(c3ccccc3C1C(c1ccccc1)(c1ccccc1)C1CCC(CCCCCCOC(C)(C)C)C1)N2C. The van der Waals surface area contributed by atoms with Crippen molar-refractivity contribution in [2.45, 2.75) is 108 Å². The minimum absolute atomic E-state index is 0.0302. The van der Waals surface area contributed by atoms with Crippen LogP contribution in [-0.2, 0) is 10.2 Å². The van der Waals surface area contributed by atoms with E-state index in [0.29, 0.717) is 23.8 Å². The summed E-state index contributed by atoms with van der Waals surface area (Å²) in [4.78, 5) is 2.60. The monoisotopic (exact) mass is 625 g/mol. The van der Waals surface area contributed by atoms with Gasteiger partial charge in [-0.15, -0.1) is 0 Å². The zero-order valence-corrected chi connectivity index (χ0v) is 29.4. The summed E-state index contributed by atoms with van der Waals surface area (Å²) in [7, 11) is 2.34. The van der Waals surface area contributed by atoms with Gasteiger partial charge < -0.3 is 9.64 Å². The second-order valence-electron chi connectivity index (χ2n) is 15.9. The maximum absolute atomic E-state index is 5.98. The van der Waals surface area contributed by atoms with Crippen LogP contribution in [0.1, 0.15) is 123 Å². The molecule has 0 bridgehead atoms. The van der Waals surface area contributed by atoms with Crippen LogP contribution in [0.2, 0.25) is 0 Å². The fourth-order valence-corrected chi connectivity index (χ4v) is 10.1. The van der Waals surface area contributed by atoms with Crippen LogP contribution in [0.4, 0.5) is 5.69 Å². The van der Waals surface area contributed by atoms with Crippen molar-refractivity contribution in [3.8, 4) is 0 Å². The number of rotatable bonds is 11. The lowest BCUT2D eigenvalue weighted by Gasteiger charge is -2.48. The number of hydrogen-bond acceptors (Lipinski definition) is 2. The molecule has 1 saturated carbocycles. The maximum Gasteiger partial charge on any atom is 0.0617 e. The molecule has 1 heterocycles. The second-order valence-corrected chi connectivity index (χ2v) is 15.9. The predicted octanol–water partition coefficient (Wildman–Crippen LogP) is 11.5. The Morgan fingerprint density at radius 2 is 1.34 bits per heavy atom. The third-order valence-corrected chi connectivity index (χ3v) is 11.9. The number of likely N-dealkylation sites (N-methyl/N-ethyl adjacent to an activating group) is 1. The molecule has 4 aromatic rings. The van der Waals surface area contributed by atoms with E-state index >= 15 is 0 Å². The Hall–Kier alpha value is -3.36. The van der Waals surface area contributed by atoms with Gasteiger partial charge in [-0.25, -0.2) is 0 Å². The van der Waals surface area contributed by atoms with Crippen molar-refractivity contribution in [2.75, 3.05) is 18.6 Å². The molecule has 5 unspecified atom stereocenters. The first-order valence-electron chi connectivity index (χ1n) is 18.5. The summed E-state index contributed by atoms with van der Waals surface area (Å²) in [6.45, 7) is 9.62. The molecule has 0 amide bonds. The summed E-state index contributed by atoms with van der Waals surface area (Å²) in [6.07, 6.45) is 10.4. The highest BCUT2D eigenvalue weighted by atomic mass is 16.5. The summed E-state index contributed by atoms with van der Waals surface area (Å²) < 4.78 is 5.98. The first-order valence-corrected chi connectivity index (χ1v) is 18.5. The molecule has 0 spiro atoms. The fraction of sp³-hybridized carbons (Fsp3) is 0.467. The van der Waals surface area contributed by atoms with Crippen LogP contribution in [0, 0.1) is 18.8 Å². The van der Waals surface area contributed by atoms with Gasteiger partial charge >= 0.3 is 0 Å². The maximum atomic E-state index is 5.98. The molecule has 0 N–H and O–H groups in total. The van der Waals surface area contributed by atoms with E-state index in [1.807, 2.05) is 0 Å². The van der Waals surface area contributed by atoms with Gasteiger partial charge in [0.15, 0.2) is 0 Å². The molecule has 2 nitrogen and oxygen atoms in total. The number of nitrogens with zero attached hydrogens (tertiary/aromatic N) is 1. The van der Waals surface area contributed by atoms with Gasteiger partial charge in [-0.1, -0.05) is 135 Å². The summed E-state index contributed by atoms with van der Waals surface area (Å²) in [5.41, 5.74) is 10.3. The molecule has 0 aromatic heterocycles. The fourth-order valence-electron chi connectivity index (χ4n) is 10.1. The number of anilines is 1. The van der Waals surface area contributed by atoms with E-state index in [0.717, 1.165) is 12.5 Å². The molecule has 0 radical (unpaired) electrons.